The number of hydrogen-bond acceptors (Lipinski definition) is 7. The Morgan fingerprint density at radius 2 is 2.21 bits per heavy atom. The minimum absolute atomic E-state index is 0.136. The van der Waals surface area contributed by atoms with Crippen molar-refractivity contribution in [3.05, 3.63) is 55.0 Å². The molecule has 0 fully saturated rings. The van der Waals surface area contributed by atoms with Gasteiger partial charge in [0.25, 0.3) is 0 Å². The van der Waals surface area contributed by atoms with Crippen LogP contribution in [0.2, 0.25) is 0 Å². The summed E-state index contributed by atoms with van der Waals surface area (Å²) < 4.78 is 8.35. The first kappa shape index (κ1) is 19.4. The molecule has 0 aliphatic heterocycles. The van der Waals surface area contributed by atoms with Crippen LogP contribution in [0.15, 0.2) is 58.8 Å². The molecular weight excluding hydrogens is 406 g/mol. The molecule has 0 spiro atoms. The SMILES string of the molecule is C=CCn1c(SC(C)C(=O)Nc2nc3ccccc3s2)nnc1-c1ccoc1C. The Kier molecular flexibility index (Phi) is 5.50. The normalized spacial score (nSPS) is 12.2. The van der Waals surface area contributed by atoms with Crippen LogP contribution in [0, 0.1) is 6.92 Å². The monoisotopic (exact) mass is 425 g/mol. The van der Waals surface area contributed by atoms with Crippen molar-refractivity contribution >= 4 is 44.4 Å². The molecule has 1 N–H and O–H groups in total. The van der Waals surface area contributed by atoms with E-state index in [-0.39, 0.29) is 11.2 Å². The Bertz CT molecular complexity index is 1140. The highest BCUT2D eigenvalue weighted by Gasteiger charge is 2.22. The van der Waals surface area contributed by atoms with Gasteiger partial charge in [0.15, 0.2) is 16.1 Å². The van der Waals surface area contributed by atoms with Gasteiger partial charge in [0.1, 0.15) is 5.76 Å². The van der Waals surface area contributed by atoms with E-state index in [0.717, 1.165) is 21.5 Å². The summed E-state index contributed by atoms with van der Waals surface area (Å²) >= 11 is 2.80. The number of para-hydroxylation sites is 1. The van der Waals surface area contributed by atoms with Crippen molar-refractivity contribution in [1.29, 1.82) is 0 Å². The van der Waals surface area contributed by atoms with Gasteiger partial charge in [-0.25, -0.2) is 4.98 Å². The summed E-state index contributed by atoms with van der Waals surface area (Å²) in [5, 5.41) is 12.3. The molecule has 1 atom stereocenters. The molecule has 0 bridgehead atoms. The number of aryl methyl sites for hydroxylation is 1. The fourth-order valence-corrected chi connectivity index (χ4v) is 4.56. The van der Waals surface area contributed by atoms with E-state index in [1.54, 1.807) is 12.3 Å². The van der Waals surface area contributed by atoms with Crippen LogP contribution in [0.3, 0.4) is 0 Å². The number of carbonyl (C=O) groups is 1. The molecule has 0 saturated carbocycles. The molecule has 1 unspecified atom stereocenters. The Morgan fingerprint density at radius 3 is 2.93 bits per heavy atom. The molecule has 0 radical (unpaired) electrons. The second kappa shape index (κ2) is 8.22. The average Bonchev–Trinajstić information content (AvgIpc) is 3.40. The lowest BCUT2D eigenvalue weighted by atomic mass is 10.2. The van der Waals surface area contributed by atoms with Gasteiger partial charge < -0.3 is 9.73 Å². The molecule has 148 valence electrons. The van der Waals surface area contributed by atoms with Gasteiger partial charge in [-0.3, -0.25) is 9.36 Å². The van der Waals surface area contributed by atoms with Crippen molar-refractivity contribution in [2.75, 3.05) is 5.32 Å². The van der Waals surface area contributed by atoms with E-state index in [9.17, 15) is 4.79 Å². The van der Waals surface area contributed by atoms with Crippen LogP contribution in [-0.4, -0.2) is 30.9 Å². The summed E-state index contributed by atoms with van der Waals surface area (Å²) in [6.07, 6.45) is 3.40. The summed E-state index contributed by atoms with van der Waals surface area (Å²) in [4.78, 5) is 17.2. The zero-order chi connectivity index (χ0) is 20.4. The second-order valence-corrected chi connectivity index (χ2v) is 8.67. The molecular formula is C20H19N5O2S2. The molecule has 7 nitrogen and oxygen atoms in total. The number of amides is 1. The molecule has 1 amide bonds. The number of allylic oxidation sites excluding steroid dienone is 1. The zero-order valence-corrected chi connectivity index (χ0v) is 17.6. The van der Waals surface area contributed by atoms with E-state index in [1.807, 2.05) is 48.7 Å². The zero-order valence-electron chi connectivity index (χ0n) is 16.0. The minimum atomic E-state index is -0.381. The van der Waals surface area contributed by atoms with Crippen LogP contribution >= 0.6 is 23.1 Å². The molecule has 0 aliphatic carbocycles. The van der Waals surface area contributed by atoms with Crippen LogP contribution in [0.1, 0.15) is 12.7 Å². The Balaban J connectivity index is 1.52. The maximum Gasteiger partial charge on any atom is 0.239 e. The van der Waals surface area contributed by atoms with E-state index in [1.165, 1.54) is 23.1 Å². The molecule has 0 aliphatic rings. The molecule has 3 aromatic heterocycles. The number of hydrogen-bond donors (Lipinski definition) is 1. The second-order valence-electron chi connectivity index (χ2n) is 6.33. The molecule has 29 heavy (non-hydrogen) atoms. The summed E-state index contributed by atoms with van der Waals surface area (Å²) in [6.45, 7) is 8.06. The maximum atomic E-state index is 12.7. The van der Waals surface area contributed by atoms with Crippen molar-refractivity contribution in [3.63, 3.8) is 0 Å². The van der Waals surface area contributed by atoms with Gasteiger partial charge in [-0.15, -0.1) is 16.8 Å². The highest BCUT2D eigenvalue weighted by atomic mass is 32.2. The topological polar surface area (TPSA) is 85.8 Å². The number of rotatable bonds is 7. The van der Waals surface area contributed by atoms with Crippen molar-refractivity contribution in [2.45, 2.75) is 30.8 Å². The Hall–Kier alpha value is -2.91. The van der Waals surface area contributed by atoms with Crippen LogP contribution in [0.5, 0.6) is 0 Å². The smallest absolute Gasteiger partial charge is 0.239 e. The van der Waals surface area contributed by atoms with Crippen LogP contribution < -0.4 is 5.32 Å². The van der Waals surface area contributed by atoms with Gasteiger partial charge in [-0.1, -0.05) is 41.3 Å². The standard InChI is InChI=1S/C20H19N5O2S2/c1-4-10-25-17(14-9-11-27-12(14)2)23-24-20(25)28-13(3)18(26)22-19-21-15-7-5-6-8-16(15)29-19/h4-9,11,13H,1,10H2,2-3H3,(H,21,22,26). The van der Waals surface area contributed by atoms with E-state index >= 15 is 0 Å². The number of thioether (sulfide) groups is 1. The summed E-state index contributed by atoms with van der Waals surface area (Å²) in [7, 11) is 0. The van der Waals surface area contributed by atoms with Gasteiger partial charge in [-0.2, -0.15) is 0 Å². The Morgan fingerprint density at radius 1 is 1.38 bits per heavy atom. The van der Waals surface area contributed by atoms with Crippen LogP contribution in [-0.2, 0) is 11.3 Å². The van der Waals surface area contributed by atoms with Crippen molar-refractivity contribution in [1.82, 2.24) is 19.7 Å². The molecule has 1 aromatic carbocycles. The van der Waals surface area contributed by atoms with Gasteiger partial charge >= 0.3 is 0 Å². The molecule has 4 rings (SSSR count). The molecule has 0 saturated heterocycles. The number of carbonyl (C=O) groups excluding carboxylic acids is 1. The third kappa shape index (κ3) is 3.96. The third-order valence-corrected chi connectivity index (χ3v) is 6.34. The number of aromatic nitrogens is 4. The minimum Gasteiger partial charge on any atom is -0.469 e. The van der Waals surface area contributed by atoms with Crippen molar-refractivity contribution in [2.24, 2.45) is 0 Å². The van der Waals surface area contributed by atoms with Crippen LogP contribution in [0.4, 0.5) is 5.13 Å². The molecule has 3 heterocycles. The number of furan rings is 1. The largest absolute Gasteiger partial charge is 0.469 e. The summed E-state index contributed by atoms with van der Waals surface area (Å²) in [5.74, 6) is 1.32. The average molecular weight is 426 g/mol. The summed E-state index contributed by atoms with van der Waals surface area (Å²) in [5.41, 5.74) is 1.75. The first-order valence-electron chi connectivity index (χ1n) is 8.98. The number of benzene rings is 1. The van der Waals surface area contributed by atoms with Crippen LogP contribution in [0.25, 0.3) is 21.6 Å². The quantitative estimate of drug-likeness (QED) is 0.339. The van der Waals surface area contributed by atoms with Gasteiger partial charge in [-0.05, 0) is 32.0 Å². The first-order valence-corrected chi connectivity index (χ1v) is 10.7. The lowest BCUT2D eigenvalue weighted by molar-refractivity contribution is -0.115. The molecule has 9 heteroatoms. The highest BCUT2D eigenvalue weighted by molar-refractivity contribution is 8.00. The van der Waals surface area contributed by atoms with E-state index < -0.39 is 0 Å². The number of anilines is 1. The first-order chi connectivity index (χ1) is 14.1. The predicted octanol–water partition coefficient (Wildman–Crippen LogP) is 4.76. The fraction of sp³-hybridized carbons (Fsp3) is 0.200. The number of nitrogens with one attached hydrogen (secondary N) is 1. The predicted molar refractivity (Wildman–Crippen MR) is 116 cm³/mol. The van der Waals surface area contributed by atoms with E-state index in [0.29, 0.717) is 22.7 Å². The maximum absolute atomic E-state index is 12.7. The fourth-order valence-electron chi connectivity index (χ4n) is 2.83. The number of fused-ring (bicyclic) bond motifs is 1. The van der Waals surface area contributed by atoms with E-state index in [4.69, 9.17) is 4.42 Å². The number of thiazole rings is 1. The van der Waals surface area contributed by atoms with Crippen molar-refractivity contribution in [3.8, 4) is 11.4 Å². The van der Waals surface area contributed by atoms with Gasteiger partial charge in [0.2, 0.25) is 5.91 Å². The highest BCUT2D eigenvalue weighted by Crippen LogP contribution is 2.30. The third-order valence-electron chi connectivity index (χ3n) is 4.30. The summed E-state index contributed by atoms with van der Waals surface area (Å²) in [6, 6.07) is 9.65. The Labute approximate surface area is 175 Å². The number of nitrogens with zero attached hydrogens (tertiary/aromatic N) is 4. The van der Waals surface area contributed by atoms with E-state index in [2.05, 4.69) is 27.1 Å². The lowest BCUT2D eigenvalue weighted by Crippen LogP contribution is -2.22. The lowest BCUT2D eigenvalue weighted by Gasteiger charge is -2.11. The van der Waals surface area contributed by atoms with Gasteiger partial charge in [0, 0.05) is 6.54 Å². The molecule has 4 aromatic rings. The van der Waals surface area contributed by atoms with Gasteiger partial charge in [0.05, 0.1) is 27.3 Å². The van der Waals surface area contributed by atoms with Crippen molar-refractivity contribution < 1.29 is 9.21 Å².